The Morgan fingerprint density at radius 2 is 1.90 bits per heavy atom. The van der Waals surface area contributed by atoms with Crippen LogP contribution in [0.25, 0.3) is 0 Å². The van der Waals surface area contributed by atoms with Gasteiger partial charge in [0.1, 0.15) is 5.75 Å². The van der Waals surface area contributed by atoms with Crippen molar-refractivity contribution in [2.24, 2.45) is 0 Å². The van der Waals surface area contributed by atoms with Crippen LogP contribution in [-0.4, -0.2) is 6.61 Å². The number of nitrogens with one attached hydrogen (secondary N) is 1. The molecule has 0 atom stereocenters. The zero-order valence-electron chi connectivity index (χ0n) is 12.2. The Labute approximate surface area is 125 Å². The highest BCUT2D eigenvalue weighted by atomic mass is 35.5. The lowest BCUT2D eigenvalue weighted by Gasteiger charge is -2.12. The van der Waals surface area contributed by atoms with E-state index in [4.69, 9.17) is 16.3 Å². The summed E-state index contributed by atoms with van der Waals surface area (Å²) in [6.07, 6.45) is 0. The van der Waals surface area contributed by atoms with Gasteiger partial charge in [-0.2, -0.15) is 0 Å². The maximum Gasteiger partial charge on any atom is 0.138 e. The summed E-state index contributed by atoms with van der Waals surface area (Å²) >= 11 is 6.18. The van der Waals surface area contributed by atoms with Gasteiger partial charge in [-0.05, 0) is 50.1 Å². The number of ether oxygens (including phenoxy) is 1. The first-order chi connectivity index (χ1) is 9.60. The van der Waals surface area contributed by atoms with E-state index in [1.807, 2.05) is 25.1 Å². The van der Waals surface area contributed by atoms with Gasteiger partial charge in [-0.3, -0.25) is 0 Å². The Bertz CT molecular complexity index is 596. The van der Waals surface area contributed by atoms with Gasteiger partial charge in [-0.15, -0.1) is 0 Å². The van der Waals surface area contributed by atoms with Crippen LogP contribution >= 0.6 is 11.6 Å². The molecule has 3 heteroatoms. The van der Waals surface area contributed by atoms with Gasteiger partial charge in [-0.1, -0.05) is 35.4 Å². The van der Waals surface area contributed by atoms with Crippen molar-refractivity contribution in [1.29, 1.82) is 0 Å². The maximum absolute atomic E-state index is 6.18. The average Bonchev–Trinajstić information content (AvgIpc) is 2.41. The van der Waals surface area contributed by atoms with Gasteiger partial charge >= 0.3 is 0 Å². The second-order valence-electron chi connectivity index (χ2n) is 4.86. The molecule has 2 nitrogen and oxygen atoms in total. The SMILES string of the molecule is CCOc1ccc(NCc2ccc(C)cc2C)cc1Cl. The molecule has 0 unspecified atom stereocenters. The molecule has 0 saturated carbocycles. The van der Waals surface area contributed by atoms with E-state index in [2.05, 4.69) is 37.4 Å². The molecule has 106 valence electrons. The third-order valence-corrected chi connectivity index (χ3v) is 3.51. The van der Waals surface area contributed by atoms with Crippen LogP contribution < -0.4 is 10.1 Å². The molecule has 2 rings (SSSR count). The molecule has 0 amide bonds. The Balaban J connectivity index is 2.05. The topological polar surface area (TPSA) is 21.3 Å². The first-order valence-electron chi connectivity index (χ1n) is 6.82. The second-order valence-corrected chi connectivity index (χ2v) is 5.27. The highest BCUT2D eigenvalue weighted by molar-refractivity contribution is 6.32. The number of hydrogen-bond acceptors (Lipinski definition) is 2. The summed E-state index contributed by atoms with van der Waals surface area (Å²) in [5.41, 5.74) is 4.88. The van der Waals surface area contributed by atoms with E-state index in [9.17, 15) is 0 Å². The summed E-state index contributed by atoms with van der Waals surface area (Å²) < 4.78 is 5.43. The molecule has 0 aliphatic rings. The smallest absolute Gasteiger partial charge is 0.138 e. The number of benzene rings is 2. The predicted molar refractivity (Wildman–Crippen MR) is 85.9 cm³/mol. The van der Waals surface area contributed by atoms with E-state index in [1.54, 1.807) is 0 Å². The predicted octanol–water partition coefficient (Wildman–Crippen LogP) is 4.97. The Morgan fingerprint density at radius 1 is 1.10 bits per heavy atom. The van der Waals surface area contributed by atoms with Gasteiger partial charge in [-0.25, -0.2) is 0 Å². The van der Waals surface area contributed by atoms with Crippen molar-refractivity contribution in [3.05, 3.63) is 58.1 Å². The number of anilines is 1. The number of aryl methyl sites for hydroxylation is 2. The van der Waals surface area contributed by atoms with Crippen LogP contribution in [-0.2, 0) is 6.54 Å². The van der Waals surface area contributed by atoms with E-state index in [-0.39, 0.29) is 0 Å². The molecule has 2 aromatic rings. The van der Waals surface area contributed by atoms with Crippen LogP contribution in [0.4, 0.5) is 5.69 Å². The van der Waals surface area contributed by atoms with Crippen molar-refractivity contribution in [1.82, 2.24) is 0 Å². The lowest BCUT2D eigenvalue weighted by atomic mass is 10.1. The quantitative estimate of drug-likeness (QED) is 0.839. The lowest BCUT2D eigenvalue weighted by molar-refractivity contribution is 0.340. The zero-order valence-corrected chi connectivity index (χ0v) is 12.9. The van der Waals surface area contributed by atoms with Crippen LogP contribution in [0, 0.1) is 13.8 Å². The summed E-state index contributed by atoms with van der Waals surface area (Å²) in [7, 11) is 0. The van der Waals surface area contributed by atoms with Crippen LogP contribution in [0.5, 0.6) is 5.75 Å². The van der Waals surface area contributed by atoms with Crippen molar-refractivity contribution in [2.75, 3.05) is 11.9 Å². The minimum absolute atomic E-state index is 0.620. The molecule has 2 aromatic carbocycles. The average molecular weight is 290 g/mol. The van der Waals surface area contributed by atoms with E-state index in [0.717, 1.165) is 18.0 Å². The van der Waals surface area contributed by atoms with Gasteiger partial charge in [0, 0.05) is 12.2 Å². The van der Waals surface area contributed by atoms with E-state index in [0.29, 0.717) is 11.6 Å². The van der Waals surface area contributed by atoms with Crippen molar-refractivity contribution in [3.63, 3.8) is 0 Å². The number of rotatable bonds is 5. The fraction of sp³-hybridized carbons (Fsp3) is 0.294. The molecule has 0 aliphatic carbocycles. The largest absolute Gasteiger partial charge is 0.492 e. The molecule has 0 saturated heterocycles. The van der Waals surface area contributed by atoms with Gasteiger partial charge < -0.3 is 10.1 Å². The van der Waals surface area contributed by atoms with Gasteiger partial charge in [0.2, 0.25) is 0 Å². The molecular formula is C17H20ClNO. The molecule has 0 aliphatic heterocycles. The minimum atomic E-state index is 0.620. The van der Waals surface area contributed by atoms with Gasteiger partial charge in [0.15, 0.2) is 0 Å². The highest BCUT2D eigenvalue weighted by Gasteiger charge is 2.03. The van der Waals surface area contributed by atoms with Crippen LogP contribution in [0.2, 0.25) is 5.02 Å². The summed E-state index contributed by atoms with van der Waals surface area (Å²) in [6.45, 7) is 7.60. The second kappa shape index (κ2) is 6.67. The molecule has 1 N–H and O–H groups in total. The Kier molecular flexibility index (Phi) is 4.91. The van der Waals surface area contributed by atoms with Gasteiger partial charge in [0.25, 0.3) is 0 Å². The molecule has 0 bridgehead atoms. The minimum Gasteiger partial charge on any atom is -0.492 e. The molecule has 0 fully saturated rings. The normalized spacial score (nSPS) is 10.4. The van der Waals surface area contributed by atoms with Crippen molar-refractivity contribution < 1.29 is 4.74 Å². The number of halogens is 1. The van der Waals surface area contributed by atoms with Crippen molar-refractivity contribution in [2.45, 2.75) is 27.3 Å². The number of hydrogen-bond donors (Lipinski definition) is 1. The third kappa shape index (κ3) is 3.67. The van der Waals surface area contributed by atoms with E-state index >= 15 is 0 Å². The molecule has 0 heterocycles. The molecule has 0 radical (unpaired) electrons. The summed E-state index contributed by atoms with van der Waals surface area (Å²) in [4.78, 5) is 0. The Morgan fingerprint density at radius 3 is 2.55 bits per heavy atom. The first kappa shape index (κ1) is 14.7. The standard InChI is InChI=1S/C17H20ClNO/c1-4-20-17-8-7-15(10-16(17)18)19-11-14-6-5-12(2)9-13(14)3/h5-10,19H,4,11H2,1-3H3. The molecular weight excluding hydrogens is 270 g/mol. The van der Waals surface area contributed by atoms with E-state index in [1.165, 1.54) is 16.7 Å². The van der Waals surface area contributed by atoms with Crippen LogP contribution in [0.3, 0.4) is 0 Å². The maximum atomic E-state index is 6.18. The summed E-state index contributed by atoms with van der Waals surface area (Å²) in [5.74, 6) is 0.728. The Hall–Kier alpha value is -1.67. The lowest BCUT2D eigenvalue weighted by Crippen LogP contribution is -2.02. The fourth-order valence-corrected chi connectivity index (χ4v) is 2.36. The monoisotopic (exact) mass is 289 g/mol. The zero-order chi connectivity index (χ0) is 14.5. The van der Waals surface area contributed by atoms with E-state index < -0.39 is 0 Å². The van der Waals surface area contributed by atoms with Crippen LogP contribution in [0.15, 0.2) is 36.4 Å². The molecule has 0 spiro atoms. The third-order valence-electron chi connectivity index (χ3n) is 3.21. The molecule has 20 heavy (non-hydrogen) atoms. The molecule has 0 aromatic heterocycles. The fourth-order valence-electron chi connectivity index (χ4n) is 2.12. The highest BCUT2D eigenvalue weighted by Crippen LogP contribution is 2.28. The first-order valence-corrected chi connectivity index (χ1v) is 7.20. The van der Waals surface area contributed by atoms with Crippen LogP contribution in [0.1, 0.15) is 23.6 Å². The van der Waals surface area contributed by atoms with Crippen molar-refractivity contribution >= 4 is 17.3 Å². The summed E-state index contributed by atoms with van der Waals surface area (Å²) in [5, 5.41) is 4.03. The summed E-state index contributed by atoms with van der Waals surface area (Å²) in [6, 6.07) is 12.3. The van der Waals surface area contributed by atoms with Gasteiger partial charge in [0.05, 0.1) is 11.6 Å². The van der Waals surface area contributed by atoms with Crippen molar-refractivity contribution in [3.8, 4) is 5.75 Å².